The third-order valence-corrected chi connectivity index (χ3v) is 3.17. The molecule has 13 heavy (non-hydrogen) atoms. The third-order valence-electron chi connectivity index (χ3n) is 3.17. The first-order valence-electron chi connectivity index (χ1n) is 4.76. The number of quaternary nitrogens is 1. The number of piperazine rings is 1. The van der Waals surface area contributed by atoms with Crippen molar-refractivity contribution in [1.82, 2.24) is 10.2 Å². The van der Waals surface area contributed by atoms with Crippen molar-refractivity contribution in [3.8, 4) is 0 Å². The van der Waals surface area contributed by atoms with E-state index in [1.165, 1.54) is 4.90 Å². The van der Waals surface area contributed by atoms with Gasteiger partial charge in [-0.15, -0.1) is 0 Å². The molecule has 1 amide bonds. The van der Waals surface area contributed by atoms with Gasteiger partial charge in [-0.3, -0.25) is 10.2 Å². The Balaban J connectivity index is 1.91. The highest BCUT2D eigenvalue weighted by Gasteiger charge is 2.36. The molecule has 2 saturated heterocycles. The van der Waals surface area contributed by atoms with Crippen molar-refractivity contribution < 1.29 is 14.4 Å². The highest BCUT2D eigenvalue weighted by molar-refractivity contribution is 5.64. The van der Waals surface area contributed by atoms with Crippen molar-refractivity contribution >= 4 is 6.09 Å². The normalized spacial score (nSPS) is 26.6. The molecule has 0 aromatic carbocycles. The van der Waals surface area contributed by atoms with Crippen molar-refractivity contribution in [1.29, 1.82) is 0 Å². The van der Waals surface area contributed by atoms with Gasteiger partial charge in [0.05, 0.1) is 32.7 Å². The van der Waals surface area contributed by atoms with E-state index in [1.54, 1.807) is 0 Å². The highest BCUT2D eigenvalue weighted by atomic mass is 16.4. The summed E-state index contributed by atoms with van der Waals surface area (Å²) in [6, 6.07) is 0. The lowest BCUT2D eigenvalue weighted by Gasteiger charge is -2.40. The molecule has 2 aliphatic rings. The molecule has 74 valence electrons. The number of rotatable bonds is 0. The maximum Gasteiger partial charge on any atom is 0.407 e. The van der Waals surface area contributed by atoms with E-state index in [4.69, 9.17) is 5.11 Å². The molecule has 0 radical (unpaired) electrons. The molecule has 0 atom stereocenters. The van der Waals surface area contributed by atoms with Gasteiger partial charge < -0.3 is 9.59 Å². The van der Waals surface area contributed by atoms with Gasteiger partial charge in [0.25, 0.3) is 0 Å². The summed E-state index contributed by atoms with van der Waals surface area (Å²) in [5, 5.41) is 12.1. The second-order valence-electron chi connectivity index (χ2n) is 3.94. The smallest absolute Gasteiger partial charge is 0.407 e. The number of nitrogens with one attached hydrogen (secondary N) is 1. The minimum Gasteiger partial charge on any atom is -0.465 e. The zero-order chi connectivity index (χ0) is 9.31. The van der Waals surface area contributed by atoms with Gasteiger partial charge in [-0.1, -0.05) is 0 Å². The Kier molecular flexibility index (Phi) is 2.13. The summed E-state index contributed by atoms with van der Waals surface area (Å²) in [5.74, 6) is 0. The van der Waals surface area contributed by atoms with Crippen LogP contribution in [0.3, 0.4) is 0 Å². The molecule has 2 fully saturated rings. The number of carboxylic acid groups (broad SMARTS) is 1. The number of hydrogen-bond donors (Lipinski definition) is 2. The van der Waals surface area contributed by atoms with Crippen LogP contribution in [-0.2, 0) is 0 Å². The number of amides is 1. The van der Waals surface area contributed by atoms with Crippen molar-refractivity contribution in [2.24, 2.45) is 0 Å². The van der Waals surface area contributed by atoms with Gasteiger partial charge in [0.15, 0.2) is 0 Å². The molecule has 5 heteroatoms. The fourth-order valence-corrected chi connectivity index (χ4v) is 2.17. The molecule has 2 heterocycles. The summed E-state index contributed by atoms with van der Waals surface area (Å²) in [6.07, 6.45) is -0.773. The lowest BCUT2D eigenvalue weighted by molar-refractivity contribution is -0.920. The van der Waals surface area contributed by atoms with Crippen LogP contribution in [0.2, 0.25) is 0 Å². The molecule has 2 rings (SSSR count). The summed E-state index contributed by atoms with van der Waals surface area (Å²) < 4.78 is 1.07. The van der Waals surface area contributed by atoms with Crippen molar-refractivity contribution in [3.05, 3.63) is 0 Å². The van der Waals surface area contributed by atoms with E-state index < -0.39 is 6.09 Å². The first kappa shape index (κ1) is 8.77. The summed E-state index contributed by atoms with van der Waals surface area (Å²) in [4.78, 5) is 12.2. The van der Waals surface area contributed by atoms with E-state index >= 15 is 0 Å². The van der Waals surface area contributed by atoms with Crippen molar-refractivity contribution in [2.75, 3.05) is 45.9 Å². The molecular formula is C8H16N3O2+. The first-order chi connectivity index (χ1) is 6.22. The molecule has 1 spiro atoms. The molecule has 2 N–H and O–H groups in total. The fourth-order valence-electron chi connectivity index (χ4n) is 2.17. The van der Waals surface area contributed by atoms with Crippen LogP contribution in [0.15, 0.2) is 0 Å². The first-order valence-corrected chi connectivity index (χ1v) is 4.76. The maximum absolute atomic E-state index is 10.7. The quantitative estimate of drug-likeness (QED) is 0.495. The standard InChI is InChI=1S/C8H15N3O2/c12-8(13)10-2-5-11(6-3-10)4-1-9-7-11/h9H,1-7H2/p+1. The van der Waals surface area contributed by atoms with E-state index in [1.807, 2.05) is 0 Å². The number of hydrogen-bond acceptors (Lipinski definition) is 2. The van der Waals surface area contributed by atoms with Crippen LogP contribution in [0.5, 0.6) is 0 Å². The lowest BCUT2D eigenvalue weighted by Crippen LogP contribution is -2.59. The maximum atomic E-state index is 10.7. The summed E-state index contributed by atoms with van der Waals surface area (Å²) in [6.45, 7) is 6.58. The van der Waals surface area contributed by atoms with E-state index in [9.17, 15) is 4.79 Å². The van der Waals surface area contributed by atoms with Gasteiger partial charge in [-0.25, -0.2) is 4.79 Å². The Morgan fingerprint density at radius 1 is 1.31 bits per heavy atom. The van der Waals surface area contributed by atoms with Crippen LogP contribution in [0.25, 0.3) is 0 Å². The second kappa shape index (κ2) is 3.16. The largest absolute Gasteiger partial charge is 0.465 e. The van der Waals surface area contributed by atoms with Crippen LogP contribution >= 0.6 is 0 Å². The van der Waals surface area contributed by atoms with Gasteiger partial charge in [-0.05, 0) is 0 Å². The highest BCUT2D eigenvalue weighted by Crippen LogP contribution is 2.14. The zero-order valence-electron chi connectivity index (χ0n) is 7.70. The van der Waals surface area contributed by atoms with Crippen molar-refractivity contribution in [3.63, 3.8) is 0 Å². The van der Waals surface area contributed by atoms with Crippen LogP contribution in [0.1, 0.15) is 0 Å². The monoisotopic (exact) mass is 186 g/mol. The van der Waals surface area contributed by atoms with Gasteiger partial charge in [0.1, 0.15) is 6.67 Å². The lowest BCUT2D eigenvalue weighted by atomic mass is 10.3. The molecular weight excluding hydrogens is 170 g/mol. The molecule has 0 saturated carbocycles. The van der Waals surface area contributed by atoms with E-state index in [2.05, 4.69) is 5.32 Å². The minimum absolute atomic E-state index is 0.691. The van der Waals surface area contributed by atoms with Crippen LogP contribution in [0.4, 0.5) is 4.79 Å². The SMILES string of the molecule is O=C(O)N1CC[N+]2(CCNC2)CC1. The molecule has 0 aromatic rings. The van der Waals surface area contributed by atoms with Gasteiger partial charge in [0, 0.05) is 6.54 Å². The van der Waals surface area contributed by atoms with Gasteiger partial charge in [0.2, 0.25) is 0 Å². The second-order valence-corrected chi connectivity index (χ2v) is 3.94. The molecule has 0 unspecified atom stereocenters. The van der Waals surface area contributed by atoms with Gasteiger partial charge in [-0.2, -0.15) is 0 Å². The number of nitrogens with zero attached hydrogens (tertiary/aromatic N) is 2. The van der Waals surface area contributed by atoms with Gasteiger partial charge >= 0.3 is 6.09 Å². The molecule has 0 bridgehead atoms. The predicted molar refractivity (Wildman–Crippen MR) is 47.3 cm³/mol. The Morgan fingerprint density at radius 2 is 2.00 bits per heavy atom. The van der Waals surface area contributed by atoms with Crippen LogP contribution in [-0.4, -0.2) is 66.5 Å². The molecule has 0 aliphatic carbocycles. The summed E-state index contributed by atoms with van der Waals surface area (Å²) >= 11 is 0. The van der Waals surface area contributed by atoms with E-state index in [0.29, 0.717) is 13.1 Å². The Bertz CT molecular complexity index is 203. The summed E-state index contributed by atoms with van der Waals surface area (Å²) in [7, 11) is 0. The fraction of sp³-hybridized carbons (Fsp3) is 0.875. The van der Waals surface area contributed by atoms with Crippen LogP contribution in [0, 0.1) is 0 Å². The summed E-state index contributed by atoms with van der Waals surface area (Å²) in [5.41, 5.74) is 0. The predicted octanol–water partition coefficient (Wildman–Crippen LogP) is -0.642. The average Bonchev–Trinajstić information content (AvgIpc) is 2.54. The Morgan fingerprint density at radius 3 is 2.46 bits per heavy atom. The topological polar surface area (TPSA) is 52.6 Å². The zero-order valence-corrected chi connectivity index (χ0v) is 7.70. The molecule has 0 aromatic heterocycles. The average molecular weight is 186 g/mol. The van der Waals surface area contributed by atoms with E-state index in [-0.39, 0.29) is 0 Å². The molecule has 5 nitrogen and oxygen atoms in total. The van der Waals surface area contributed by atoms with E-state index in [0.717, 1.165) is 37.3 Å². The molecule has 2 aliphatic heterocycles. The Hall–Kier alpha value is -0.810. The minimum atomic E-state index is -0.773. The van der Waals surface area contributed by atoms with Crippen LogP contribution < -0.4 is 5.32 Å². The van der Waals surface area contributed by atoms with Crippen molar-refractivity contribution in [2.45, 2.75) is 0 Å². The third kappa shape index (κ3) is 1.62. The Labute approximate surface area is 77.5 Å². The number of carbonyl (C=O) groups is 1.